The van der Waals surface area contributed by atoms with E-state index in [0.717, 1.165) is 5.69 Å². The van der Waals surface area contributed by atoms with Crippen LogP contribution in [-0.2, 0) is 0 Å². The third-order valence-corrected chi connectivity index (χ3v) is 3.86. The van der Waals surface area contributed by atoms with Gasteiger partial charge in [0.2, 0.25) is 0 Å². The van der Waals surface area contributed by atoms with Crippen LogP contribution >= 0.6 is 11.8 Å². The summed E-state index contributed by atoms with van der Waals surface area (Å²) in [6.45, 7) is 1.92. The Morgan fingerprint density at radius 2 is 2.14 bits per heavy atom. The summed E-state index contributed by atoms with van der Waals surface area (Å²) in [7, 11) is 0. The molecular formula is C15H19N3O2S. The van der Waals surface area contributed by atoms with Gasteiger partial charge in [-0.3, -0.25) is 4.79 Å². The molecule has 0 aliphatic carbocycles. The van der Waals surface area contributed by atoms with Crippen molar-refractivity contribution in [3.63, 3.8) is 0 Å². The number of amides is 1. The van der Waals surface area contributed by atoms with Crippen molar-refractivity contribution in [2.45, 2.75) is 12.5 Å². The lowest BCUT2D eigenvalue weighted by Gasteiger charge is -2.22. The van der Waals surface area contributed by atoms with Gasteiger partial charge in [-0.05, 0) is 25.3 Å². The van der Waals surface area contributed by atoms with E-state index in [0.29, 0.717) is 11.3 Å². The van der Waals surface area contributed by atoms with Crippen LogP contribution in [0.5, 0.6) is 0 Å². The van der Waals surface area contributed by atoms with E-state index < -0.39 is 5.60 Å². The van der Waals surface area contributed by atoms with Crippen LogP contribution in [-0.4, -0.2) is 44.9 Å². The van der Waals surface area contributed by atoms with E-state index in [4.69, 9.17) is 0 Å². The minimum atomic E-state index is -0.912. The standard InChI is InChI=1S/C15H19N3O2S/c1-15(20,11-21-2)10-16-14(19)12-8-17-18(9-12)13-6-4-3-5-7-13/h3-9,20H,10-11H2,1-2H3,(H,16,19). The normalized spacial score (nSPS) is 13.7. The van der Waals surface area contributed by atoms with Gasteiger partial charge in [-0.25, -0.2) is 4.68 Å². The van der Waals surface area contributed by atoms with Crippen molar-refractivity contribution in [2.24, 2.45) is 0 Å². The number of nitrogens with zero attached hydrogens (tertiary/aromatic N) is 2. The Morgan fingerprint density at radius 1 is 1.43 bits per heavy atom. The summed E-state index contributed by atoms with van der Waals surface area (Å²) in [5, 5.41) is 16.9. The number of para-hydroxylation sites is 1. The Kier molecular flexibility index (Phi) is 5.03. The molecule has 0 bridgehead atoms. The van der Waals surface area contributed by atoms with E-state index in [1.165, 1.54) is 18.0 Å². The molecule has 2 aromatic rings. The van der Waals surface area contributed by atoms with E-state index in [-0.39, 0.29) is 12.5 Å². The number of rotatable bonds is 6. The molecule has 1 aromatic carbocycles. The van der Waals surface area contributed by atoms with E-state index in [1.807, 2.05) is 36.6 Å². The maximum absolute atomic E-state index is 12.1. The molecule has 2 N–H and O–H groups in total. The third kappa shape index (κ3) is 4.34. The fraction of sp³-hybridized carbons (Fsp3) is 0.333. The van der Waals surface area contributed by atoms with Crippen LogP contribution in [0.15, 0.2) is 42.7 Å². The van der Waals surface area contributed by atoms with Gasteiger partial charge in [0.15, 0.2) is 0 Å². The molecule has 6 heteroatoms. The minimum absolute atomic E-state index is 0.211. The summed E-state index contributed by atoms with van der Waals surface area (Å²) in [6.07, 6.45) is 5.11. The van der Waals surface area contributed by atoms with Gasteiger partial charge in [-0.2, -0.15) is 16.9 Å². The third-order valence-electron chi connectivity index (χ3n) is 2.95. The molecule has 0 saturated carbocycles. The highest BCUT2D eigenvalue weighted by Crippen LogP contribution is 2.10. The van der Waals surface area contributed by atoms with Crippen molar-refractivity contribution >= 4 is 17.7 Å². The lowest BCUT2D eigenvalue weighted by Crippen LogP contribution is -2.42. The second-order valence-electron chi connectivity index (χ2n) is 5.12. The van der Waals surface area contributed by atoms with Crippen molar-refractivity contribution in [3.05, 3.63) is 48.3 Å². The topological polar surface area (TPSA) is 67.2 Å². The minimum Gasteiger partial charge on any atom is -0.387 e. The average molecular weight is 305 g/mol. The van der Waals surface area contributed by atoms with Gasteiger partial charge < -0.3 is 10.4 Å². The van der Waals surface area contributed by atoms with Gasteiger partial charge in [0.1, 0.15) is 0 Å². The van der Waals surface area contributed by atoms with Gasteiger partial charge in [0.05, 0.1) is 23.0 Å². The van der Waals surface area contributed by atoms with Crippen molar-refractivity contribution in [1.82, 2.24) is 15.1 Å². The fourth-order valence-electron chi connectivity index (χ4n) is 1.90. The quantitative estimate of drug-likeness (QED) is 0.853. The molecular weight excluding hydrogens is 286 g/mol. The zero-order valence-electron chi connectivity index (χ0n) is 12.1. The van der Waals surface area contributed by atoms with Crippen LogP contribution < -0.4 is 5.32 Å². The zero-order valence-corrected chi connectivity index (χ0v) is 12.9. The Bertz CT molecular complexity index is 596. The summed E-state index contributed by atoms with van der Waals surface area (Å²) >= 11 is 1.54. The number of nitrogens with one attached hydrogen (secondary N) is 1. The first-order chi connectivity index (χ1) is 10.0. The zero-order chi connectivity index (χ0) is 15.3. The first kappa shape index (κ1) is 15.6. The molecule has 1 unspecified atom stereocenters. The number of benzene rings is 1. The summed E-state index contributed by atoms with van der Waals surface area (Å²) < 4.78 is 1.65. The lowest BCUT2D eigenvalue weighted by atomic mass is 10.1. The molecule has 1 amide bonds. The van der Waals surface area contributed by atoms with Crippen LogP contribution in [0.4, 0.5) is 0 Å². The SMILES string of the molecule is CSCC(C)(O)CNC(=O)c1cnn(-c2ccccc2)c1. The monoisotopic (exact) mass is 305 g/mol. The number of carbonyl (C=O) groups excluding carboxylic acids is 1. The van der Waals surface area contributed by atoms with Crippen LogP contribution in [0.3, 0.4) is 0 Å². The predicted molar refractivity (Wildman–Crippen MR) is 84.9 cm³/mol. The molecule has 0 aliphatic heterocycles. The highest BCUT2D eigenvalue weighted by atomic mass is 32.2. The number of aromatic nitrogens is 2. The number of hydrogen-bond acceptors (Lipinski definition) is 4. The predicted octanol–water partition coefficient (Wildman–Crippen LogP) is 1.72. The van der Waals surface area contributed by atoms with Crippen molar-refractivity contribution in [1.29, 1.82) is 0 Å². The maximum Gasteiger partial charge on any atom is 0.254 e. The van der Waals surface area contributed by atoms with E-state index >= 15 is 0 Å². The van der Waals surface area contributed by atoms with Crippen LogP contribution in [0.2, 0.25) is 0 Å². The molecule has 1 heterocycles. The van der Waals surface area contributed by atoms with Gasteiger partial charge in [0, 0.05) is 18.5 Å². The lowest BCUT2D eigenvalue weighted by molar-refractivity contribution is 0.0725. The largest absolute Gasteiger partial charge is 0.387 e. The van der Waals surface area contributed by atoms with Crippen LogP contribution in [0.25, 0.3) is 5.69 Å². The molecule has 0 radical (unpaired) electrons. The van der Waals surface area contributed by atoms with E-state index in [9.17, 15) is 9.90 Å². The van der Waals surface area contributed by atoms with Gasteiger partial charge >= 0.3 is 0 Å². The molecule has 0 spiro atoms. The first-order valence-corrected chi connectivity index (χ1v) is 8.01. The molecule has 1 aromatic heterocycles. The average Bonchev–Trinajstić information content (AvgIpc) is 2.96. The first-order valence-electron chi connectivity index (χ1n) is 6.61. The van der Waals surface area contributed by atoms with Gasteiger partial charge in [-0.15, -0.1) is 0 Å². The molecule has 0 aliphatic rings. The molecule has 2 rings (SSSR count). The molecule has 112 valence electrons. The second kappa shape index (κ2) is 6.78. The fourth-order valence-corrected chi connectivity index (χ4v) is 2.62. The Hall–Kier alpha value is -1.79. The number of aliphatic hydroxyl groups is 1. The van der Waals surface area contributed by atoms with Crippen molar-refractivity contribution in [2.75, 3.05) is 18.6 Å². The second-order valence-corrected chi connectivity index (χ2v) is 5.99. The number of carbonyl (C=O) groups is 1. The Morgan fingerprint density at radius 3 is 2.81 bits per heavy atom. The Labute approximate surface area is 128 Å². The Balaban J connectivity index is 2.00. The molecule has 0 fully saturated rings. The highest BCUT2D eigenvalue weighted by molar-refractivity contribution is 7.98. The maximum atomic E-state index is 12.1. The van der Waals surface area contributed by atoms with Gasteiger partial charge in [-0.1, -0.05) is 18.2 Å². The highest BCUT2D eigenvalue weighted by Gasteiger charge is 2.21. The molecule has 5 nitrogen and oxygen atoms in total. The molecule has 0 saturated heterocycles. The van der Waals surface area contributed by atoms with Crippen molar-refractivity contribution in [3.8, 4) is 5.69 Å². The smallest absolute Gasteiger partial charge is 0.254 e. The van der Waals surface area contributed by atoms with Crippen LogP contribution in [0.1, 0.15) is 17.3 Å². The summed E-state index contributed by atoms with van der Waals surface area (Å²) in [6, 6.07) is 9.58. The van der Waals surface area contributed by atoms with Crippen LogP contribution in [0, 0.1) is 0 Å². The summed E-state index contributed by atoms with van der Waals surface area (Å²) in [4.78, 5) is 12.1. The molecule has 1 atom stereocenters. The van der Waals surface area contributed by atoms with E-state index in [1.54, 1.807) is 17.8 Å². The summed E-state index contributed by atoms with van der Waals surface area (Å²) in [5.41, 5.74) is 0.453. The number of thioether (sulfide) groups is 1. The summed E-state index contributed by atoms with van der Waals surface area (Å²) in [5.74, 6) is 0.329. The van der Waals surface area contributed by atoms with Gasteiger partial charge in [0.25, 0.3) is 5.91 Å². The van der Waals surface area contributed by atoms with E-state index in [2.05, 4.69) is 10.4 Å². The number of hydrogen-bond donors (Lipinski definition) is 2. The molecule has 21 heavy (non-hydrogen) atoms. The van der Waals surface area contributed by atoms with Crippen molar-refractivity contribution < 1.29 is 9.90 Å².